The second-order valence-electron chi connectivity index (χ2n) is 3.35. The molecule has 2 nitrogen and oxygen atoms in total. The lowest BCUT2D eigenvalue weighted by Gasteiger charge is -2.10. The smallest absolute Gasteiger partial charge is 0.119 e. The monoisotopic (exact) mass is 196 g/mol. The van der Waals surface area contributed by atoms with Gasteiger partial charge in [-0.15, -0.1) is 11.8 Å². The van der Waals surface area contributed by atoms with Crippen LogP contribution in [0.5, 0.6) is 5.75 Å². The van der Waals surface area contributed by atoms with Gasteiger partial charge >= 0.3 is 0 Å². The average molecular weight is 196 g/mol. The molecule has 2 rings (SSSR count). The van der Waals surface area contributed by atoms with Gasteiger partial charge < -0.3 is 10.2 Å². The van der Waals surface area contributed by atoms with Crippen molar-refractivity contribution in [3.63, 3.8) is 0 Å². The van der Waals surface area contributed by atoms with Crippen LogP contribution in [0.4, 0.5) is 0 Å². The summed E-state index contributed by atoms with van der Waals surface area (Å²) in [5.41, 5.74) is 0.985. The normalized spacial score (nSPS) is 22.8. The Bertz CT molecular complexity index is 323. The van der Waals surface area contributed by atoms with Gasteiger partial charge in [0.1, 0.15) is 5.75 Å². The van der Waals surface area contributed by atoms with E-state index in [4.69, 9.17) is 0 Å². The molecule has 0 fully saturated rings. The van der Waals surface area contributed by atoms with Gasteiger partial charge in [-0.1, -0.05) is 6.07 Å². The molecule has 2 unspecified atom stereocenters. The first-order chi connectivity index (χ1) is 6.18. The summed E-state index contributed by atoms with van der Waals surface area (Å²) < 4.78 is 0. The van der Waals surface area contributed by atoms with E-state index >= 15 is 0 Å². The van der Waals surface area contributed by atoms with Crippen molar-refractivity contribution in [2.75, 3.05) is 0 Å². The molecule has 1 heterocycles. The van der Waals surface area contributed by atoms with Crippen LogP contribution in [0.1, 0.15) is 12.5 Å². The van der Waals surface area contributed by atoms with Crippen LogP contribution in [0.15, 0.2) is 23.1 Å². The molecule has 0 saturated heterocycles. The first-order valence-corrected chi connectivity index (χ1v) is 5.22. The third-order valence-corrected chi connectivity index (χ3v) is 3.83. The number of phenolic OH excluding ortho intramolecular Hbond substituents is 1. The lowest BCUT2D eigenvalue weighted by molar-refractivity contribution is 0.192. The minimum Gasteiger partial charge on any atom is -0.508 e. The second-order valence-corrected chi connectivity index (χ2v) is 4.64. The fourth-order valence-corrected chi connectivity index (χ4v) is 2.81. The summed E-state index contributed by atoms with van der Waals surface area (Å²) in [6.07, 6.45) is 0.446. The Morgan fingerprint density at radius 2 is 2.31 bits per heavy atom. The van der Waals surface area contributed by atoms with Gasteiger partial charge in [0.15, 0.2) is 0 Å². The maximum absolute atomic E-state index is 9.54. The molecule has 1 aromatic carbocycles. The molecular weight excluding hydrogens is 184 g/mol. The van der Waals surface area contributed by atoms with Gasteiger partial charge in [0, 0.05) is 15.7 Å². The molecule has 2 atom stereocenters. The predicted octanol–water partition coefficient (Wildman–Crippen LogP) is 1.79. The Hall–Kier alpha value is -0.670. The molecule has 1 aliphatic heterocycles. The third-order valence-electron chi connectivity index (χ3n) is 2.33. The highest BCUT2D eigenvalue weighted by Gasteiger charge is 2.27. The van der Waals surface area contributed by atoms with Crippen molar-refractivity contribution >= 4 is 11.8 Å². The summed E-state index contributed by atoms with van der Waals surface area (Å²) in [6, 6.07) is 5.53. The molecule has 0 bridgehead atoms. The maximum Gasteiger partial charge on any atom is 0.119 e. The summed E-state index contributed by atoms with van der Waals surface area (Å²) >= 11 is 1.65. The van der Waals surface area contributed by atoms with Crippen LogP contribution < -0.4 is 0 Å². The van der Waals surface area contributed by atoms with E-state index < -0.39 is 0 Å². The second kappa shape index (κ2) is 3.24. The van der Waals surface area contributed by atoms with Gasteiger partial charge in [0.2, 0.25) is 0 Å². The van der Waals surface area contributed by atoms with Crippen molar-refractivity contribution in [1.29, 1.82) is 0 Å². The zero-order valence-corrected chi connectivity index (χ0v) is 8.21. The molecule has 0 aliphatic carbocycles. The molecule has 0 spiro atoms. The first-order valence-electron chi connectivity index (χ1n) is 4.34. The molecule has 1 aromatic rings. The largest absolute Gasteiger partial charge is 0.508 e. The van der Waals surface area contributed by atoms with Gasteiger partial charge in [-0.3, -0.25) is 0 Å². The number of phenols is 1. The van der Waals surface area contributed by atoms with E-state index in [1.165, 1.54) is 0 Å². The van der Waals surface area contributed by atoms with E-state index in [0.29, 0.717) is 5.75 Å². The molecule has 3 heteroatoms. The van der Waals surface area contributed by atoms with Gasteiger partial charge in [-0.2, -0.15) is 0 Å². The van der Waals surface area contributed by atoms with Gasteiger partial charge in [-0.25, -0.2) is 0 Å². The van der Waals surface area contributed by atoms with Gasteiger partial charge in [0.25, 0.3) is 0 Å². The van der Waals surface area contributed by atoms with Crippen LogP contribution in [0.25, 0.3) is 0 Å². The predicted molar refractivity (Wildman–Crippen MR) is 53.1 cm³/mol. The summed E-state index contributed by atoms with van der Waals surface area (Å²) in [5, 5.41) is 19.1. The molecule has 70 valence electrons. The van der Waals surface area contributed by atoms with Crippen molar-refractivity contribution in [2.24, 2.45) is 0 Å². The summed E-state index contributed by atoms with van der Waals surface area (Å²) in [6.45, 7) is 1.79. The number of aliphatic hydroxyl groups is 1. The first kappa shape index (κ1) is 8.91. The number of hydrogen-bond acceptors (Lipinski definition) is 3. The number of rotatable bonds is 1. The lowest BCUT2D eigenvalue weighted by Crippen LogP contribution is -2.17. The summed E-state index contributed by atoms with van der Waals surface area (Å²) in [5.74, 6) is 0.355. The number of fused-ring (bicyclic) bond motifs is 1. The Kier molecular flexibility index (Phi) is 2.22. The van der Waals surface area contributed by atoms with E-state index in [9.17, 15) is 10.2 Å². The van der Waals surface area contributed by atoms with Gasteiger partial charge in [-0.05, 0) is 25.5 Å². The van der Waals surface area contributed by atoms with Crippen molar-refractivity contribution in [1.82, 2.24) is 0 Å². The average Bonchev–Trinajstić information content (AvgIpc) is 2.49. The van der Waals surface area contributed by atoms with E-state index in [1.54, 1.807) is 24.8 Å². The molecule has 0 amide bonds. The lowest BCUT2D eigenvalue weighted by atomic mass is 10.1. The van der Waals surface area contributed by atoms with Crippen molar-refractivity contribution in [3.05, 3.63) is 23.8 Å². The van der Waals surface area contributed by atoms with Crippen LogP contribution in [0.2, 0.25) is 0 Å². The molecule has 1 aliphatic rings. The quantitative estimate of drug-likeness (QED) is 0.719. The standard InChI is InChI=1S/C10H12O2S/c1-6(11)10-5-7-8(12)3-2-4-9(7)13-10/h2-4,6,10-12H,5H2,1H3. The van der Waals surface area contributed by atoms with Crippen molar-refractivity contribution in [2.45, 2.75) is 29.6 Å². The topological polar surface area (TPSA) is 40.5 Å². The zero-order chi connectivity index (χ0) is 9.42. The van der Waals surface area contributed by atoms with Crippen LogP contribution in [0.3, 0.4) is 0 Å². The molecule has 0 radical (unpaired) electrons. The van der Waals surface area contributed by atoms with Crippen LogP contribution in [-0.2, 0) is 6.42 Å². The Balaban J connectivity index is 2.30. The Morgan fingerprint density at radius 3 is 2.92 bits per heavy atom. The van der Waals surface area contributed by atoms with E-state index in [-0.39, 0.29) is 11.4 Å². The molecule has 0 aromatic heterocycles. The van der Waals surface area contributed by atoms with Crippen molar-refractivity contribution in [3.8, 4) is 5.75 Å². The molecular formula is C10H12O2S. The Labute approximate surface area is 81.6 Å². The minimum atomic E-state index is -0.322. The van der Waals surface area contributed by atoms with E-state index in [1.807, 2.05) is 12.1 Å². The number of aliphatic hydroxyl groups excluding tert-OH is 1. The highest BCUT2D eigenvalue weighted by Crippen LogP contribution is 2.42. The number of benzene rings is 1. The van der Waals surface area contributed by atoms with Crippen molar-refractivity contribution < 1.29 is 10.2 Å². The number of thioether (sulfide) groups is 1. The van der Waals surface area contributed by atoms with Crippen LogP contribution in [-0.4, -0.2) is 21.6 Å². The van der Waals surface area contributed by atoms with Gasteiger partial charge in [0.05, 0.1) is 6.10 Å². The number of hydrogen-bond donors (Lipinski definition) is 2. The highest BCUT2D eigenvalue weighted by atomic mass is 32.2. The fraction of sp³-hybridized carbons (Fsp3) is 0.400. The maximum atomic E-state index is 9.54. The van der Waals surface area contributed by atoms with Crippen LogP contribution in [0, 0.1) is 0 Å². The summed E-state index contributed by atoms with van der Waals surface area (Å²) in [7, 11) is 0. The third kappa shape index (κ3) is 1.54. The SMILES string of the molecule is CC(O)C1Cc2c(O)cccc2S1. The summed E-state index contributed by atoms with van der Waals surface area (Å²) in [4.78, 5) is 1.10. The fourth-order valence-electron chi connectivity index (χ4n) is 1.54. The van der Waals surface area contributed by atoms with E-state index in [0.717, 1.165) is 16.9 Å². The Morgan fingerprint density at radius 1 is 1.54 bits per heavy atom. The highest BCUT2D eigenvalue weighted by molar-refractivity contribution is 8.00. The van der Waals surface area contributed by atoms with E-state index in [2.05, 4.69) is 0 Å². The molecule has 0 saturated carbocycles. The zero-order valence-electron chi connectivity index (χ0n) is 7.40. The van der Waals surface area contributed by atoms with Crippen LogP contribution >= 0.6 is 11.8 Å². The number of aromatic hydroxyl groups is 1. The molecule has 2 N–H and O–H groups in total. The molecule has 13 heavy (non-hydrogen) atoms. The minimum absolute atomic E-state index is 0.198.